The van der Waals surface area contributed by atoms with Crippen molar-refractivity contribution in [3.63, 3.8) is 0 Å². The highest BCUT2D eigenvalue weighted by Crippen LogP contribution is 2.27. The van der Waals surface area contributed by atoms with E-state index in [9.17, 15) is 4.79 Å². The topological polar surface area (TPSA) is 41.9 Å². The lowest BCUT2D eigenvalue weighted by molar-refractivity contribution is -0.124. The summed E-state index contributed by atoms with van der Waals surface area (Å²) >= 11 is 0. The van der Waals surface area contributed by atoms with Crippen molar-refractivity contribution in [2.45, 2.75) is 32.4 Å². The highest BCUT2D eigenvalue weighted by molar-refractivity contribution is 6.39. The number of rotatable bonds is 3. The van der Waals surface area contributed by atoms with E-state index in [1.165, 1.54) is 0 Å². The van der Waals surface area contributed by atoms with Crippen LogP contribution in [0, 0.1) is 0 Å². The van der Waals surface area contributed by atoms with Crippen LogP contribution in [0.4, 0.5) is 0 Å². The minimum atomic E-state index is -0.134. The van der Waals surface area contributed by atoms with Gasteiger partial charge in [-0.1, -0.05) is 35.5 Å². The molecule has 1 aromatic carbocycles. The first-order chi connectivity index (χ1) is 8.59. The van der Waals surface area contributed by atoms with Crippen molar-refractivity contribution >= 4 is 11.6 Å². The molecule has 1 aliphatic rings. The van der Waals surface area contributed by atoms with Gasteiger partial charge in [0.25, 0.3) is 5.91 Å². The van der Waals surface area contributed by atoms with Crippen molar-refractivity contribution in [1.82, 2.24) is 4.90 Å². The van der Waals surface area contributed by atoms with Crippen LogP contribution in [0.15, 0.2) is 35.5 Å². The van der Waals surface area contributed by atoms with Gasteiger partial charge in [0.05, 0.1) is 0 Å². The highest BCUT2D eigenvalue weighted by Gasteiger charge is 2.29. The standard InChI is InChI=1S/C14H18N2O2/c1-10(2)16(3)14(17)12-9-13(18-15-12)11-7-5-4-6-8-11/h4-8,10,13H,9H2,1-3H3. The molecule has 1 amide bonds. The zero-order chi connectivity index (χ0) is 13.1. The van der Waals surface area contributed by atoms with Crippen molar-refractivity contribution < 1.29 is 9.63 Å². The molecule has 0 saturated heterocycles. The summed E-state index contributed by atoms with van der Waals surface area (Å²) in [5.74, 6) is -0.0524. The predicted octanol–water partition coefficient (Wildman–Crippen LogP) is 2.37. The highest BCUT2D eigenvalue weighted by atomic mass is 16.6. The second kappa shape index (κ2) is 5.21. The van der Waals surface area contributed by atoms with Gasteiger partial charge in [0, 0.05) is 19.5 Å². The number of hydrogen-bond acceptors (Lipinski definition) is 3. The van der Waals surface area contributed by atoms with Crippen molar-refractivity contribution in [3.8, 4) is 0 Å². The van der Waals surface area contributed by atoms with Crippen LogP contribution < -0.4 is 0 Å². The van der Waals surface area contributed by atoms with E-state index in [0.29, 0.717) is 12.1 Å². The average molecular weight is 246 g/mol. The molecule has 0 radical (unpaired) electrons. The summed E-state index contributed by atoms with van der Waals surface area (Å²) in [5.41, 5.74) is 1.55. The van der Waals surface area contributed by atoms with Crippen LogP contribution in [0.2, 0.25) is 0 Å². The number of carbonyl (C=O) groups excluding carboxylic acids is 1. The monoisotopic (exact) mass is 246 g/mol. The summed E-state index contributed by atoms with van der Waals surface area (Å²) in [7, 11) is 1.78. The van der Waals surface area contributed by atoms with Gasteiger partial charge in [-0.2, -0.15) is 0 Å². The number of benzene rings is 1. The molecule has 18 heavy (non-hydrogen) atoms. The van der Waals surface area contributed by atoms with Gasteiger partial charge in [-0.15, -0.1) is 0 Å². The third-order valence-electron chi connectivity index (χ3n) is 3.18. The molecular formula is C14H18N2O2. The lowest BCUT2D eigenvalue weighted by atomic mass is 10.0. The molecule has 0 N–H and O–H groups in total. The van der Waals surface area contributed by atoms with E-state index in [4.69, 9.17) is 4.84 Å². The lowest BCUT2D eigenvalue weighted by Gasteiger charge is -2.20. The van der Waals surface area contributed by atoms with Gasteiger partial charge < -0.3 is 9.74 Å². The smallest absolute Gasteiger partial charge is 0.271 e. The second-order valence-electron chi connectivity index (χ2n) is 4.76. The van der Waals surface area contributed by atoms with Crippen molar-refractivity contribution in [3.05, 3.63) is 35.9 Å². The predicted molar refractivity (Wildman–Crippen MR) is 70.2 cm³/mol. The molecule has 1 heterocycles. The SMILES string of the molecule is CC(C)N(C)C(=O)C1=NOC(c2ccccc2)C1. The van der Waals surface area contributed by atoms with Crippen LogP contribution in [-0.4, -0.2) is 29.6 Å². The minimum absolute atomic E-state index is 0.0524. The Labute approximate surface area is 107 Å². The number of oxime groups is 1. The maximum Gasteiger partial charge on any atom is 0.271 e. The van der Waals surface area contributed by atoms with Crippen LogP contribution in [0.3, 0.4) is 0 Å². The van der Waals surface area contributed by atoms with E-state index in [1.807, 2.05) is 44.2 Å². The zero-order valence-electron chi connectivity index (χ0n) is 11.0. The Hall–Kier alpha value is -1.84. The fourth-order valence-electron chi connectivity index (χ4n) is 1.79. The summed E-state index contributed by atoms with van der Waals surface area (Å²) in [6, 6.07) is 10.0. The van der Waals surface area contributed by atoms with Gasteiger partial charge in [0.2, 0.25) is 0 Å². The molecule has 1 atom stereocenters. The van der Waals surface area contributed by atoms with E-state index < -0.39 is 0 Å². The molecule has 4 heteroatoms. The number of carbonyl (C=O) groups is 1. The second-order valence-corrected chi connectivity index (χ2v) is 4.76. The maximum absolute atomic E-state index is 12.1. The Balaban J connectivity index is 2.02. The summed E-state index contributed by atoms with van der Waals surface area (Å²) in [6.45, 7) is 3.95. The summed E-state index contributed by atoms with van der Waals surface area (Å²) in [6.07, 6.45) is 0.408. The Morgan fingerprint density at radius 2 is 2.06 bits per heavy atom. The van der Waals surface area contributed by atoms with Crippen LogP contribution in [0.5, 0.6) is 0 Å². The summed E-state index contributed by atoms with van der Waals surface area (Å²) < 4.78 is 0. The van der Waals surface area contributed by atoms with Gasteiger partial charge in [-0.3, -0.25) is 4.79 Å². The van der Waals surface area contributed by atoms with Gasteiger partial charge >= 0.3 is 0 Å². The summed E-state index contributed by atoms with van der Waals surface area (Å²) in [5, 5.41) is 3.92. The third kappa shape index (κ3) is 2.53. The quantitative estimate of drug-likeness (QED) is 0.821. The molecule has 1 aromatic rings. The number of amides is 1. The Bertz CT molecular complexity index is 454. The third-order valence-corrected chi connectivity index (χ3v) is 3.18. The van der Waals surface area contributed by atoms with E-state index in [-0.39, 0.29) is 18.1 Å². The molecule has 96 valence electrons. The molecule has 0 fully saturated rings. The van der Waals surface area contributed by atoms with Gasteiger partial charge in [-0.05, 0) is 19.4 Å². The molecule has 0 spiro atoms. The first-order valence-corrected chi connectivity index (χ1v) is 6.14. The lowest BCUT2D eigenvalue weighted by Crippen LogP contribution is -2.37. The van der Waals surface area contributed by atoms with Crippen molar-refractivity contribution in [1.29, 1.82) is 0 Å². The van der Waals surface area contributed by atoms with E-state index in [2.05, 4.69) is 5.16 Å². The van der Waals surface area contributed by atoms with Gasteiger partial charge in [-0.25, -0.2) is 0 Å². The first kappa shape index (κ1) is 12.6. The molecule has 0 aromatic heterocycles. The molecule has 0 saturated carbocycles. The van der Waals surface area contributed by atoms with E-state index in [1.54, 1.807) is 11.9 Å². The fraction of sp³-hybridized carbons (Fsp3) is 0.429. The molecule has 0 bridgehead atoms. The molecule has 1 unspecified atom stereocenters. The van der Waals surface area contributed by atoms with Crippen molar-refractivity contribution in [2.75, 3.05) is 7.05 Å². The van der Waals surface area contributed by atoms with Crippen molar-refractivity contribution in [2.24, 2.45) is 5.16 Å². The number of hydrogen-bond donors (Lipinski definition) is 0. The zero-order valence-corrected chi connectivity index (χ0v) is 11.0. The molecule has 2 rings (SSSR count). The molecule has 1 aliphatic heterocycles. The normalized spacial score (nSPS) is 18.4. The minimum Gasteiger partial charge on any atom is -0.387 e. The van der Waals surface area contributed by atoms with Crippen LogP contribution >= 0.6 is 0 Å². The Morgan fingerprint density at radius 3 is 2.67 bits per heavy atom. The fourth-order valence-corrected chi connectivity index (χ4v) is 1.79. The van der Waals surface area contributed by atoms with Gasteiger partial charge in [0.15, 0.2) is 6.10 Å². The molecular weight excluding hydrogens is 228 g/mol. The van der Waals surface area contributed by atoms with E-state index >= 15 is 0 Å². The van der Waals surface area contributed by atoms with Crippen LogP contribution in [-0.2, 0) is 9.63 Å². The number of nitrogens with zero attached hydrogens (tertiary/aromatic N) is 2. The first-order valence-electron chi connectivity index (χ1n) is 6.14. The van der Waals surface area contributed by atoms with E-state index in [0.717, 1.165) is 5.56 Å². The van der Waals surface area contributed by atoms with Gasteiger partial charge in [0.1, 0.15) is 5.71 Å². The Kier molecular flexibility index (Phi) is 3.65. The van der Waals surface area contributed by atoms with Crippen LogP contribution in [0.25, 0.3) is 0 Å². The average Bonchev–Trinajstić information content (AvgIpc) is 2.87. The largest absolute Gasteiger partial charge is 0.387 e. The molecule has 4 nitrogen and oxygen atoms in total. The van der Waals surface area contributed by atoms with Crippen LogP contribution in [0.1, 0.15) is 31.9 Å². The Morgan fingerprint density at radius 1 is 1.39 bits per heavy atom. The molecule has 0 aliphatic carbocycles. The summed E-state index contributed by atoms with van der Waals surface area (Å²) in [4.78, 5) is 19.1. The maximum atomic E-state index is 12.1.